The summed E-state index contributed by atoms with van der Waals surface area (Å²) in [7, 11) is 1.59. The summed E-state index contributed by atoms with van der Waals surface area (Å²) in [5.74, 6) is 0.582. The monoisotopic (exact) mass is 340 g/mol. The number of hydrogen-bond acceptors (Lipinski definition) is 4. The lowest BCUT2D eigenvalue weighted by atomic mass is 10.2. The van der Waals surface area contributed by atoms with Crippen LogP contribution in [-0.4, -0.2) is 25.5 Å². The average Bonchev–Trinajstić information content (AvgIpc) is 2.65. The number of carbonyl (C=O) groups is 2. The van der Waals surface area contributed by atoms with Crippen LogP contribution in [0.1, 0.15) is 22.8 Å². The molecule has 2 aromatic carbocycles. The van der Waals surface area contributed by atoms with Crippen LogP contribution in [-0.2, 0) is 4.79 Å². The van der Waals surface area contributed by atoms with Crippen LogP contribution in [0, 0.1) is 0 Å². The maximum Gasteiger partial charge on any atom is 0.269 e. The van der Waals surface area contributed by atoms with E-state index in [9.17, 15) is 9.59 Å². The van der Waals surface area contributed by atoms with Gasteiger partial charge < -0.3 is 9.47 Å². The number of carbonyl (C=O) groups excluding carboxylic acids is 2. The van der Waals surface area contributed by atoms with E-state index in [4.69, 9.17) is 9.47 Å². The summed E-state index contributed by atoms with van der Waals surface area (Å²) in [6.45, 7) is 2.44. The van der Waals surface area contributed by atoms with Gasteiger partial charge >= 0.3 is 0 Å². The minimum absolute atomic E-state index is 0.408. The number of rotatable bonds is 6. The Bertz CT molecular complexity index is 737. The van der Waals surface area contributed by atoms with Crippen molar-refractivity contribution < 1.29 is 19.1 Å². The third-order valence-corrected chi connectivity index (χ3v) is 3.27. The molecule has 0 radical (unpaired) electrons. The number of amides is 2. The molecule has 2 N–H and O–H groups in total. The summed E-state index contributed by atoms with van der Waals surface area (Å²) in [4.78, 5) is 23.7. The summed E-state index contributed by atoms with van der Waals surface area (Å²) in [5, 5.41) is 0. The Morgan fingerprint density at radius 1 is 0.960 bits per heavy atom. The van der Waals surface area contributed by atoms with Crippen molar-refractivity contribution in [3.63, 3.8) is 0 Å². The van der Waals surface area contributed by atoms with E-state index in [-0.39, 0.29) is 0 Å². The van der Waals surface area contributed by atoms with Crippen LogP contribution in [0.2, 0.25) is 0 Å². The van der Waals surface area contributed by atoms with Gasteiger partial charge in [-0.2, -0.15) is 0 Å². The first-order valence-corrected chi connectivity index (χ1v) is 7.77. The molecule has 0 atom stereocenters. The normalized spacial score (nSPS) is 10.3. The lowest BCUT2D eigenvalue weighted by Crippen LogP contribution is -2.40. The molecular formula is C19H20N2O4. The first kappa shape index (κ1) is 18.1. The van der Waals surface area contributed by atoms with Crippen molar-refractivity contribution in [2.45, 2.75) is 6.92 Å². The van der Waals surface area contributed by atoms with Crippen molar-refractivity contribution >= 4 is 17.9 Å². The van der Waals surface area contributed by atoms with Gasteiger partial charge in [0.25, 0.3) is 11.8 Å². The molecule has 2 rings (SSSR count). The molecule has 0 heterocycles. The molecule has 0 saturated heterocycles. The molecule has 6 heteroatoms. The number of hydrogen-bond donors (Lipinski definition) is 2. The zero-order valence-electron chi connectivity index (χ0n) is 14.1. The van der Waals surface area contributed by atoms with Crippen molar-refractivity contribution in [2.24, 2.45) is 0 Å². The van der Waals surface area contributed by atoms with Crippen LogP contribution in [0.4, 0.5) is 0 Å². The highest BCUT2D eigenvalue weighted by Crippen LogP contribution is 2.12. The zero-order valence-corrected chi connectivity index (χ0v) is 14.1. The highest BCUT2D eigenvalue weighted by molar-refractivity contribution is 5.97. The molecule has 6 nitrogen and oxygen atoms in total. The summed E-state index contributed by atoms with van der Waals surface area (Å²) < 4.78 is 10.4. The predicted octanol–water partition coefficient (Wildman–Crippen LogP) is 2.57. The molecular weight excluding hydrogens is 320 g/mol. The third kappa shape index (κ3) is 5.69. The fourth-order valence-corrected chi connectivity index (χ4v) is 1.99. The van der Waals surface area contributed by atoms with Gasteiger partial charge in [0.2, 0.25) is 0 Å². The quantitative estimate of drug-likeness (QED) is 0.626. The van der Waals surface area contributed by atoms with Crippen LogP contribution in [0.5, 0.6) is 11.5 Å². The van der Waals surface area contributed by atoms with Gasteiger partial charge in [0, 0.05) is 11.6 Å². The SMILES string of the molecule is CCOc1ccc(C(=O)NNC(=O)/C=C/c2ccc(OC)cc2)cc1. The molecule has 0 aliphatic heterocycles. The van der Waals surface area contributed by atoms with E-state index in [0.717, 1.165) is 11.3 Å². The van der Waals surface area contributed by atoms with Gasteiger partial charge in [-0.25, -0.2) is 0 Å². The van der Waals surface area contributed by atoms with Crippen molar-refractivity contribution in [1.82, 2.24) is 10.9 Å². The lowest BCUT2D eigenvalue weighted by molar-refractivity contribution is -0.117. The Hall–Kier alpha value is -3.28. The third-order valence-electron chi connectivity index (χ3n) is 3.27. The summed E-state index contributed by atoms with van der Waals surface area (Å²) >= 11 is 0. The number of hydrazine groups is 1. The molecule has 0 saturated carbocycles. The van der Waals surface area contributed by atoms with Gasteiger partial charge in [-0.05, 0) is 55.0 Å². The maximum atomic E-state index is 12.0. The molecule has 0 aliphatic rings. The Kier molecular flexibility index (Phi) is 6.59. The number of nitrogens with one attached hydrogen (secondary N) is 2. The highest BCUT2D eigenvalue weighted by Gasteiger charge is 2.06. The van der Waals surface area contributed by atoms with E-state index >= 15 is 0 Å². The fourth-order valence-electron chi connectivity index (χ4n) is 1.99. The van der Waals surface area contributed by atoms with Gasteiger partial charge in [0.15, 0.2) is 0 Å². The summed E-state index contributed by atoms with van der Waals surface area (Å²) in [6, 6.07) is 13.9. The topological polar surface area (TPSA) is 76.7 Å². The number of methoxy groups -OCH3 is 1. The van der Waals surface area contributed by atoms with Gasteiger partial charge in [0.1, 0.15) is 11.5 Å². The van der Waals surface area contributed by atoms with Gasteiger partial charge in [-0.3, -0.25) is 20.4 Å². The average molecular weight is 340 g/mol. The summed E-state index contributed by atoms with van der Waals surface area (Å²) in [6.07, 6.45) is 2.97. The van der Waals surface area contributed by atoms with Crippen molar-refractivity contribution in [1.29, 1.82) is 0 Å². The largest absolute Gasteiger partial charge is 0.497 e. The van der Waals surface area contributed by atoms with Crippen molar-refractivity contribution in [2.75, 3.05) is 13.7 Å². The number of ether oxygens (including phenoxy) is 2. The molecule has 0 bridgehead atoms. The molecule has 2 amide bonds. The first-order chi connectivity index (χ1) is 12.1. The standard InChI is InChI=1S/C19H20N2O4/c1-3-25-17-11-7-15(8-12-17)19(23)21-20-18(22)13-6-14-4-9-16(24-2)10-5-14/h4-13H,3H2,1-2H3,(H,20,22)(H,21,23)/b13-6+. The highest BCUT2D eigenvalue weighted by atomic mass is 16.5. The first-order valence-electron chi connectivity index (χ1n) is 7.77. The van der Waals surface area contributed by atoms with E-state index in [0.29, 0.717) is 17.9 Å². The smallest absolute Gasteiger partial charge is 0.269 e. The van der Waals surface area contributed by atoms with Crippen molar-refractivity contribution in [3.8, 4) is 11.5 Å². The van der Waals surface area contributed by atoms with Crippen LogP contribution < -0.4 is 20.3 Å². The van der Waals surface area contributed by atoms with Gasteiger partial charge in [0.05, 0.1) is 13.7 Å². The molecule has 25 heavy (non-hydrogen) atoms. The van der Waals surface area contributed by atoms with Crippen LogP contribution in [0.3, 0.4) is 0 Å². The number of benzene rings is 2. The van der Waals surface area contributed by atoms with E-state index < -0.39 is 11.8 Å². The van der Waals surface area contributed by atoms with Gasteiger partial charge in [-0.1, -0.05) is 12.1 Å². The molecule has 130 valence electrons. The minimum Gasteiger partial charge on any atom is -0.497 e. The van der Waals surface area contributed by atoms with E-state index in [1.165, 1.54) is 6.08 Å². The second-order valence-corrected chi connectivity index (χ2v) is 5.01. The lowest BCUT2D eigenvalue weighted by Gasteiger charge is -2.07. The molecule has 2 aromatic rings. The Labute approximate surface area is 146 Å². The second kappa shape index (κ2) is 9.12. The molecule has 0 aliphatic carbocycles. The fraction of sp³-hybridized carbons (Fsp3) is 0.158. The van der Waals surface area contributed by atoms with E-state index in [1.807, 2.05) is 19.1 Å². The Morgan fingerprint density at radius 3 is 2.20 bits per heavy atom. The zero-order chi connectivity index (χ0) is 18.1. The predicted molar refractivity (Wildman–Crippen MR) is 95.2 cm³/mol. The van der Waals surface area contributed by atoms with Crippen molar-refractivity contribution in [3.05, 3.63) is 65.7 Å². The maximum absolute atomic E-state index is 12.0. The van der Waals surface area contributed by atoms with Crippen LogP contribution in [0.15, 0.2) is 54.6 Å². The van der Waals surface area contributed by atoms with Crippen LogP contribution >= 0.6 is 0 Å². The summed E-state index contributed by atoms with van der Waals surface area (Å²) in [5.41, 5.74) is 5.95. The molecule has 0 spiro atoms. The van der Waals surface area contributed by atoms with Crippen LogP contribution in [0.25, 0.3) is 6.08 Å². The molecule has 0 aromatic heterocycles. The minimum atomic E-state index is -0.435. The Morgan fingerprint density at radius 2 is 1.60 bits per heavy atom. The second-order valence-electron chi connectivity index (χ2n) is 5.01. The van der Waals surface area contributed by atoms with E-state index in [2.05, 4.69) is 10.9 Å². The molecule has 0 unspecified atom stereocenters. The van der Waals surface area contributed by atoms with E-state index in [1.54, 1.807) is 49.6 Å². The van der Waals surface area contributed by atoms with Gasteiger partial charge in [-0.15, -0.1) is 0 Å². The Balaban J connectivity index is 1.83. The molecule has 0 fully saturated rings.